The summed E-state index contributed by atoms with van der Waals surface area (Å²) in [4.78, 5) is 2.42. The molecule has 108 valence electrons. The number of rotatable bonds is 4. The average Bonchev–Trinajstić information content (AvgIpc) is 2.64. The van der Waals surface area contributed by atoms with E-state index in [-0.39, 0.29) is 0 Å². The zero-order chi connectivity index (χ0) is 14.0. The molecule has 19 heavy (non-hydrogen) atoms. The number of aryl methyl sites for hydroxylation is 2. The molecule has 0 aliphatic carbocycles. The first-order valence-electron chi connectivity index (χ1n) is 7.03. The molecule has 2 unspecified atom stereocenters. The van der Waals surface area contributed by atoms with Crippen molar-refractivity contribution in [3.63, 3.8) is 0 Å². The second-order valence-electron chi connectivity index (χ2n) is 5.63. The van der Waals surface area contributed by atoms with Crippen molar-refractivity contribution < 1.29 is 4.74 Å². The van der Waals surface area contributed by atoms with Gasteiger partial charge in [-0.15, -0.1) is 0 Å². The molecule has 1 aromatic heterocycles. The number of hydrogen-bond donors (Lipinski definition) is 1. The molecule has 5 heteroatoms. The Balaban J connectivity index is 1.96. The van der Waals surface area contributed by atoms with Gasteiger partial charge in [0, 0.05) is 25.7 Å². The molecule has 0 aromatic carbocycles. The van der Waals surface area contributed by atoms with Crippen LogP contribution >= 0.6 is 0 Å². The lowest BCUT2D eigenvalue weighted by atomic mass is 9.99. The summed E-state index contributed by atoms with van der Waals surface area (Å²) in [7, 11) is 5.83. The SMILES string of the molecule is COc1c(CNC2CCN(C)C(C)C2)c(C)nn1C. The van der Waals surface area contributed by atoms with E-state index in [4.69, 9.17) is 4.74 Å². The molecule has 0 bridgehead atoms. The van der Waals surface area contributed by atoms with Gasteiger partial charge in [-0.1, -0.05) is 0 Å². The third-order valence-corrected chi connectivity index (χ3v) is 4.26. The maximum atomic E-state index is 5.43. The minimum absolute atomic E-state index is 0.593. The zero-order valence-electron chi connectivity index (χ0n) is 12.7. The summed E-state index contributed by atoms with van der Waals surface area (Å²) in [6.45, 7) is 6.34. The number of likely N-dealkylation sites (tertiary alicyclic amines) is 1. The highest BCUT2D eigenvalue weighted by atomic mass is 16.5. The second kappa shape index (κ2) is 5.92. The van der Waals surface area contributed by atoms with Crippen LogP contribution in [0.5, 0.6) is 5.88 Å². The lowest BCUT2D eigenvalue weighted by Crippen LogP contribution is -2.45. The van der Waals surface area contributed by atoms with Crippen molar-refractivity contribution in [1.82, 2.24) is 20.0 Å². The number of piperidine rings is 1. The first kappa shape index (κ1) is 14.3. The predicted molar refractivity (Wildman–Crippen MR) is 76.5 cm³/mol. The van der Waals surface area contributed by atoms with E-state index < -0.39 is 0 Å². The van der Waals surface area contributed by atoms with Crippen LogP contribution in [0.2, 0.25) is 0 Å². The van der Waals surface area contributed by atoms with Crippen LogP contribution in [0, 0.1) is 6.92 Å². The van der Waals surface area contributed by atoms with Crippen molar-refractivity contribution in [2.24, 2.45) is 7.05 Å². The van der Waals surface area contributed by atoms with E-state index in [0.29, 0.717) is 12.1 Å². The predicted octanol–water partition coefficient (Wildman–Crippen LogP) is 1.31. The van der Waals surface area contributed by atoms with E-state index in [1.54, 1.807) is 7.11 Å². The van der Waals surface area contributed by atoms with Crippen LogP contribution in [0.25, 0.3) is 0 Å². The molecule has 1 aliphatic heterocycles. The smallest absolute Gasteiger partial charge is 0.216 e. The first-order valence-corrected chi connectivity index (χ1v) is 7.03. The Hall–Kier alpha value is -1.07. The van der Waals surface area contributed by atoms with Crippen LogP contribution in [-0.2, 0) is 13.6 Å². The molecule has 1 aromatic rings. The van der Waals surface area contributed by atoms with Gasteiger partial charge in [-0.3, -0.25) is 0 Å². The molecule has 1 fully saturated rings. The summed E-state index contributed by atoms with van der Waals surface area (Å²) in [6.07, 6.45) is 2.42. The number of hydrogen-bond acceptors (Lipinski definition) is 4. The van der Waals surface area contributed by atoms with Gasteiger partial charge in [-0.25, -0.2) is 4.68 Å². The molecular weight excluding hydrogens is 240 g/mol. The summed E-state index contributed by atoms with van der Waals surface area (Å²) in [5.74, 6) is 0.867. The van der Waals surface area contributed by atoms with E-state index in [1.807, 2.05) is 18.7 Å². The van der Waals surface area contributed by atoms with Crippen LogP contribution < -0.4 is 10.1 Å². The molecule has 5 nitrogen and oxygen atoms in total. The lowest BCUT2D eigenvalue weighted by Gasteiger charge is -2.35. The normalized spacial score (nSPS) is 24.7. The fourth-order valence-electron chi connectivity index (χ4n) is 2.86. The van der Waals surface area contributed by atoms with Crippen LogP contribution in [-0.4, -0.2) is 47.5 Å². The Morgan fingerprint density at radius 2 is 2.16 bits per heavy atom. The monoisotopic (exact) mass is 266 g/mol. The number of nitrogens with one attached hydrogen (secondary N) is 1. The van der Waals surface area contributed by atoms with Gasteiger partial charge in [0.2, 0.25) is 5.88 Å². The average molecular weight is 266 g/mol. The van der Waals surface area contributed by atoms with Gasteiger partial charge in [0.1, 0.15) is 0 Å². The van der Waals surface area contributed by atoms with Crippen molar-refractivity contribution in [2.75, 3.05) is 20.7 Å². The van der Waals surface area contributed by atoms with Crippen LogP contribution in [0.1, 0.15) is 31.0 Å². The van der Waals surface area contributed by atoms with E-state index >= 15 is 0 Å². The summed E-state index contributed by atoms with van der Waals surface area (Å²) in [5, 5.41) is 8.07. The van der Waals surface area contributed by atoms with Gasteiger partial charge < -0.3 is 15.0 Å². The van der Waals surface area contributed by atoms with Gasteiger partial charge in [0.05, 0.1) is 18.4 Å². The summed E-state index contributed by atoms with van der Waals surface area (Å²) in [6, 6.07) is 1.25. The number of methoxy groups -OCH3 is 1. The highest BCUT2D eigenvalue weighted by Gasteiger charge is 2.23. The van der Waals surface area contributed by atoms with E-state index in [1.165, 1.54) is 24.9 Å². The molecule has 0 spiro atoms. The highest BCUT2D eigenvalue weighted by molar-refractivity contribution is 5.30. The third-order valence-electron chi connectivity index (χ3n) is 4.26. The number of nitrogens with zero attached hydrogens (tertiary/aromatic N) is 3. The minimum Gasteiger partial charge on any atom is -0.481 e. The van der Waals surface area contributed by atoms with Gasteiger partial charge in [-0.05, 0) is 40.3 Å². The van der Waals surface area contributed by atoms with Crippen LogP contribution in [0.15, 0.2) is 0 Å². The van der Waals surface area contributed by atoms with Gasteiger partial charge in [0.15, 0.2) is 0 Å². The molecule has 0 amide bonds. The van der Waals surface area contributed by atoms with Crippen molar-refractivity contribution in [1.29, 1.82) is 0 Å². The van der Waals surface area contributed by atoms with Crippen molar-refractivity contribution in [3.05, 3.63) is 11.3 Å². The summed E-state index contributed by atoms with van der Waals surface area (Å²) >= 11 is 0. The van der Waals surface area contributed by atoms with Gasteiger partial charge in [0.25, 0.3) is 0 Å². The second-order valence-corrected chi connectivity index (χ2v) is 5.63. The topological polar surface area (TPSA) is 42.3 Å². The Morgan fingerprint density at radius 3 is 2.79 bits per heavy atom. The minimum atomic E-state index is 0.593. The lowest BCUT2D eigenvalue weighted by molar-refractivity contribution is 0.168. The third kappa shape index (κ3) is 3.09. The van der Waals surface area contributed by atoms with Crippen molar-refractivity contribution >= 4 is 0 Å². The first-order chi connectivity index (χ1) is 9.02. The molecule has 1 saturated heterocycles. The Labute approximate surface area is 115 Å². The Morgan fingerprint density at radius 1 is 1.42 bits per heavy atom. The molecule has 2 atom stereocenters. The van der Waals surface area contributed by atoms with Gasteiger partial charge >= 0.3 is 0 Å². The Bertz CT molecular complexity index is 429. The van der Waals surface area contributed by atoms with Crippen molar-refractivity contribution in [3.8, 4) is 5.88 Å². The Kier molecular flexibility index (Phi) is 4.47. The standard InChI is InChI=1S/C14H26N4O/c1-10-8-12(6-7-17(10)3)15-9-13-11(2)16-18(4)14(13)19-5/h10,12,15H,6-9H2,1-5H3. The molecule has 0 radical (unpaired) electrons. The number of aromatic nitrogens is 2. The molecule has 2 heterocycles. The molecule has 2 rings (SSSR count). The maximum Gasteiger partial charge on any atom is 0.216 e. The van der Waals surface area contributed by atoms with Crippen LogP contribution in [0.3, 0.4) is 0 Å². The summed E-state index contributed by atoms with van der Waals surface area (Å²) < 4.78 is 7.24. The quantitative estimate of drug-likeness (QED) is 0.892. The molecular formula is C14H26N4O. The zero-order valence-corrected chi connectivity index (χ0v) is 12.7. The fourth-order valence-corrected chi connectivity index (χ4v) is 2.86. The fraction of sp³-hybridized carbons (Fsp3) is 0.786. The number of ether oxygens (including phenoxy) is 1. The van der Waals surface area contributed by atoms with E-state index in [0.717, 1.165) is 18.1 Å². The van der Waals surface area contributed by atoms with Crippen LogP contribution in [0.4, 0.5) is 0 Å². The van der Waals surface area contributed by atoms with E-state index in [9.17, 15) is 0 Å². The molecule has 1 aliphatic rings. The largest absolute Gasteiger partial charge is 0.481 e. The maximum absolute atomic E-state index is 5.43. The summed E-state index contributed by atoms with van der Waals surface area (Å²) in [5.41, 5.74) is 2.23. The van der Waals surface area contributed by atoms with E-state index in [2.05, 4.69) is 29.3 Å². The van der Waals surface area contributed by atoms with Crippen molar-refractivity contribution in [2.45, 2.75) is 45.3 Å². The molecule has 0 saturated carbocycles. The van der Waals surface area contributed by atoms with Gasteiger partial charge in [-0.2, -0.15) is 5.10 Å². The molecule has 1 N–H and O–H groups in total. The highest BCUT2D eigenvalue weighted by Crippen LogP contribution is 2.22.